The number of para-hydroxylation sites is 1. The Labute approximate surface area is 121 Å². The lowest BCUT2D eigenvalue weighted by molar-refractivity contribution is 1.34. The largest absolute Gasteiger partial charge is 0.396 e. The molecule has 0 aliphatic heterocycles. The molecule has 0 amide bonds. The number of nitriles is 1. The lowest BCUT2D eigenvalue weighted by Crippen LogP contribution is -2.01. The molecule has 0 saturated heterocycles. The third-order valence-corrected chi connectivity index (χ3v) is 3.44. The van der Waals surface area contributed by atoms with Crippen molar-refractivity contribution in [3.8, 4) is 6.07 Å². The third kappa shape index (κ3) is 2.72. The van der Waals surface area contributed by atoms with Gasteiger partial charge < -0.3 is 11.1 Å². The molecule has 96 valence electrons. The second-order valence-corrected chi connectivity index (χ2v) is 5.33. The first-order valence-corrected chi connectivity index (χ1v) is 6.64. The number of nitrogens with zero attached hydrogens (tertiary/aromatic N) is 1. The summed E-state index contributed by atoms with van der Waals surface area (Å²) in [5, 5.41) is 12.3. The van der Waals surface area contributed by atoms with Gasteiger partial charge in [0, 0.05) is 10.2 Å². The van der Waals surface area contributed by atoms with E-state index in [2.05, 4.69) is 27.3 Å². The molecule has 3 nitrogen and oxygen atoms in total. The van der Waals surface area contributed by atoms with E-state index < -0.39 is 0 Å². The van der Waals surface area contributed by atoms with Crippen molar-refractivity contribution < 1.29 is 0 Å². The minimum atomic E-state index is 0.478. The summed E-state index contributed by atoms with van der Waals surface area (Å²) in [6, 6.07) is 11.6. The Morgan fingerprint density at radius 2 is 1.84 bits per heavy atom. The molecule has 0 atom stereocenters. The zero-order valence-corrected chi connectivity index (χ0v) is 12.4. The Morgan fingerprint density at radius 3 is 2.42 bits per heavy atom. The predicted octanol–water partition coefficient (Wildman–Crippen LogP) is 4.26. The number of nitrogens with two attached hydrogens (primary N) is 1. The molecule has 0 spiro atoms. The van der Waals surface area contributed by atoms with Gasteiger partial charge in [0.1, 0.15) is 6.07 Å². The van der Waals surface area contributed by atoms with Crippen LogP contribution in [0.15, 0.2) is 34.8 Å². The lowest BCUT2D eigenvalue weighted by atomic mass is 10.1. The van der Waals surface area contributed by atoms with Crippen LogP contribution in [0.1, 0.15) is 16.7 Å². The predicted molar refractivity (Wildman–Crippen MR) is 82.5 cm³/mol. The summed E-state index contributed by atoms with van der Waals surface area (Å²) in [4.78, 5) is 0. The number of rotatable bonds is 2. The van der Waals surface area contributed by atoms with Gasteiger partial charge in [-0.3, -0.25) is 0 Å². The molecule has 0 aliphatic rings. The fourth-order valence-electron chi connectivity index (χ4n) is 2.01. The maximum atomic E-state index is 8.99. The minimum Gasteiger partial charge on any atom is -0.396 e. The van der Waals surface area contributed by atoms with Gasteiger partial charge in [0.15, 0.2) is 0 Å². The summed E-state index contributed by atoms with van der Waals surface area (Å²) in [5.74, 6) is 0. The van der Waals surface area contributed by atoms with Crippen molar-refractivity contribution >= 4 is 33.0 Å². The quantitative estimate of drug-likeness (QED) is 0.814. The number of aryl methyl sites for hydroxylation is 2. The highest BCUT2D eigenvalue weighted by atomic mass is 79.9. The Bertz CT molecular complexity index is 649. The summed E-state index contributed by atoms with van der Waals surface area (Å²) in [6.45, 7) is 4.06. The van der Waals surface area contributed by atoms with Gasteiger partial charge in [0.05, 0.1) is 16.9 Å². The monoisotopic (exact) mass is 315 g/mol. The Hall–Kier alpha value is -1.99. The van der Waals surface area contributed by atoms with Gasteiger partial charge in [0.25, 0.3) is 0 Å². The first-order chi connectivity index (χ1) is 9.02. The zero-order chi connectivity index (χ0) is 14.0. The molecule has 0 aliphatic carbocycles. The normalized spacial score (nSPS) is 10.0. The smallest absolute Gasteiger partial charge is 0.101 e. The van der Waals surface area contributed by atoms with Crippen LogP contribution in [0.25, 0.3) is 0 Å². The van der Waals surface area contributed by atoms with E-state index >= 15 is 0 Å². The van der Waals surface area contributed by atoms with Crippen molar-refractivity contribution in [1.82, 2.24) is 0 Å². The molecule has 4 heteroatoms. The Balaban J connectivity index is 2.46. The minimum absolute atomic E-state index is 0.478. The Kier molecular flexibility index (Phi) is 3.77. The van der Waals surface area contributed by atoms with Crippen molar-refractivity contribution in [1.29, 1.82) is 5.26 Å². The van der Waals surface area contributed by atoms with Gasteiger partial charge in [0.2, 0.25) is 0 Å². The van der Waals surface area contributed by atoms with Gasteiger partial charge in [-0.1, -0.05) is 22.0 Å². The van der Waals surface area contributed by atoms with Crippen LogP contribution in [0.3, 0.4) is 0 Å². The fraction of sp³-hybridized carbons (Fsp3) is 0.133. The van der Waals surface area contributed by atoms with Crippen molar-refractivity contribution in [2.75, 3.05) is 11.1 Å². The van der Waals surface area contributed by atoms with E-state index in [1.807, 2.05) is 38.1 Å². The lowest BCUT2D eigenvalue weighted by Gasteiger charge is -2.15. The number of nitrogens with one attached hydrogen (secondary N) is 1. The molecule has 0 radical (unpaired) electrons. The number of nitrogen functional groups attached to an aromatic ring is 1. The summed E-state index contributed by atoms with van der Waals surface area (Å²) in [7, 11) is 0. The van der Waals surface area contributed by atoms with Crippen LogP contribution >= 0.6 is 15.9 Å². The van der Waals surface area contributed by atoms with E-state index in [9.17, 15) is 0 Å². The first kappa shape index (κ1) is 13.4. The second kappa shape index (κ2) is 5.33. The number of halogens is 1. The van der Waals surface area contributed by atoms with Crippen LogP contribution in [0.4, 0.5) is 17.1 Å². The zero-order valence-electron chi connectivity index (χ0n) is 10.8. The molecule has 0 fully saturated rings. The van der Waals surface area contributed by atoms with Crippen LogP contribution < -0.4 is 11.1 Å². The van der Waals surface area contributed by atoms with Crippen molar-refractivity contribution in [3.05, 3.63) is 51.5 Å². The maximum Gasteiger partial charge on any atom is 0.101 e. The molecule has 2 rings (SSSR count). The van der Waals surface area contributed by atoms with Crippen LogP contribution in [-0.2, 0) is 0 Å². The van der Waals surface area contributed by atoms with Gasteiger partial charge >= 0.3 is 0 Å². The van der Waals surface area contributed by atoms with E-state index in [4.69, 9.17) is 11.0 Å². The topological polar surface area (TPSA) is 61.8 Å². The van der Waals surface area contributed by atoms with Crippen molar-refractivity contribution in [2.24, 2.45) is 0 Å². The average molecular weight is 316 g/mol. The fourth-order valence-corrected chi connectivity index (χ4v) is 2.70. The molecule has 0 bridgehead atoms. The summed E-state index contributed by atoms with van der Waals surface area (Å²) < 4.78 is 1.05. The van der Waals surface area contributed by atoms with Crippen LogP contribution in [0.2, 0.25) is 0 Å². The van der Waals surface area contributed by atoms with E-state index in [-0.39, 0.29) is 0 Å². The van der Waals surface area contributed by atoms with E-state index in [1.54, 1.807) is 6.07 Å². The average Bonchev–Trinajstić information content (AvgIpc) is 2.35. The molecule has 19 heavy (non-hydrogen) atoms. The van der Waals surface area contributed by atoms with Gasteiger partial charge in [-0.05, 0) is 49.2 Å². The molecular weight excluding hydrogens is 302 g/mol. The molecule has 3 N–H and O–H groups in total. The van der Waals surface area contributed by atoms with Gasteiger partial charge in [-0.25, -0.2) is 0 Å². The highest BCUT2D eigenvalue weighted by Gasteiger charge is 2.08. The van der Waals surface area contributed by atoms with E-state index in [0.29, 0.717) is 11.3 Å². The molecule has 0 heterocycles. The molecule has 2 aromatic rings. The standard InChI is InChI=1S/C15H14BrN3/c1-9-6-12(16)7-10(2)15(9)19-13-5-3-4-11(8-17)14(13)18/h3-7,19H,18H2,1-2H3. The van der Waals surface area contributed by atoms with E-state index in [1.165, 1.54) is 0 Å². The number of hydrogen-bond donors (Lipinski definition) is 2. The number of benzene rings is 2. The van der Waals surface area contributed by atoms with Crippen molar-refractivity contribution in [2.45, 2.75) is 13.8 Å². The van der Waals surface area contributed by atoms with Crippen LogP contribution in [0.5, 0.6) is 0 Å². The molecular formula is C15H14BrN3. The highest BCUT2D eigenvalue weighted by molar-refractivity contribution is 9.10. The summed E-state index contributed by atoms with van der Waals surface area (Å²) in [6.07, 6.45) is 0. The molecule has 0 unspecified atom stereocenters. The van der Waals surface area contributed by atoms with Crippen LogP contribution in [-0.4, -0.2) is 0 Å². The summed E-state index contributed by atoms with van der Waals surface area (Å²) in [5.41, 5.74) is 11.0. The van der Waals surface area contributed by atoms with Gasteiger partial charge in [-0.15, -0.1) is 0 Å². The van der Waals surface area contributed by atoms with Crippen molar-refractivity contribution in [3.63, 3.8) is 0 Å². The molecule has 0 saturated carbocycles. The van der Waals surface area contributed by atoms with Crippen LogP contribution in [0, 0.1) is 25.2 Å². The number of anilines is 3. The molecule has 0 aromatic heterocycles. The number of hydrogen-bond acceptors (Lipinski definition) is 3. The third-order valence-electron chi connectivity index (χ3n) is 2.98. The second-order valence-electron chi connectivity index (χ2n) is 4.42. The Morgan fingerprint density at radius 1 is 1.21 bits per heavy atom. The maximum absolute atomic E-state index is 8.99. The first-order valence-electron chi connectivity index (χ1n) is 5.85. The summed E-state index contributed by atoms with van der Waals surface area (Å²) >= 11 is 3.47. The SMILES string of the molecule is Cc1cc(Br)cc(C)c1Nc1cccc(C#N)c1N. The highest BCUT2D eigenvalue weighted by Crippen LogP contribution is 2.31. The van der Waals surface area contributed by atoms with Gasteiger partial charge in [-0.2, -0.15) is 5.26 Å². The molecule has 2 aromatic carbocycles. The van der Waals surface area contributed by atoms with E-state index in [0.717, 1.165) is 27.0 Å².